The molecule has 3 aromatic rings. The first-order valence-corrected chi connectivity index (χ1v) is 10.4. The molecule has 162 valence electrons. The third kappa shape index (κ3) is 4.37. The van der Waals surface area contributed by atoms with Crippen molar-refractivity contribution in [1.82, 2.24) is 4.90 Å². The highest BCUT2D eigenvalue weighted by molar-refractivity contribution is 6.09. The highest BCUT2D eigenvalue weighted by atomic mass is 16.6. The van der Waals surface area contributed by atoms with E-state index in [1.165, 1.54) is 6.07 Å². The summed E-state index contributed by atoms with van der Waals surface area (Å²) in [6.45, 7) is 3.86. The lowest BCUT2D eigenvalue weighted by atomic mass is 10.0. The molecule has 1 saturated heterocycles. The average molecular weight is 429 g/mol. The summed E-state index contributed by atoms with van der Waals surface area (Å²) >= 11 is 0. The molecule has 0 spiro atoms. The lowest BCUT2D eigenvalue weighted by molar-refractivity contribution is -0.384. The highest BCUT2D eigenvalue weighted by Gasteiger charge is 2.27. The van der Waals surface area contributed by atoms with Crippen LogP contribution in [0, 0.1) is 17.0 Å². The molecule has 1 aliphatic rings. The molecular formula is C25H23N3O4. The molecule has 0 N–H and O–H groups in total. The maximum atomic E-state index is 12.7. The number of carbonyl (C=O) groups excluding carboxylic acids is 2. The Labute approximate surface area is 186 Å². The monoisotopic (exact) mass is 429 g/mol. The van der Waals surface area contributed by atoms with Crippen LogP contribution in [0.15, 0.2) is 72.8 Å². The summed E-state index contributed by atoms with van der Waals surface area (Å²) in [6, 6.07) is 20.7. The fraction of sp³-hybridized carbons (Fsp3) is 0.200. The molecule has 1 fully saturated rings. The molecule has 4 rings (SSSR count). The molecule has 0 radical (unpaired) electrons. The normalized spacial score (nSPS) is 13.7. The Morgan fingerprint density at radius 2 is 1.44 bits per heavy atom. The molecule has 0 aromatic heterocycles. The van der Waals surface area contributed by atoms with Gasteiger partial charge in [0.05, 0.1) is 4.92 Å². The van der Waals surface area contributed by atoms with E-state index in [0.29, 0.717) is 43.0 Å². The molecule has 1 heterocycles. The van der Waals surface area contributed by atoms with Crippen molar-refractivity contribution in [3.8, 4) is 0 Å². The fourth-order valence-electron chi connectivity index (χ4n) is 3.86. The molecule has 7 nitrogen and oxygen atoms in total. The van der Waals surface area contributed by atoms with Gasteiger partial charge in [-0.15, -0.1) is 0 Å². The molecular weight excluding hydrogens is 406 g/mol. The van der Waals surface area contributed by atoms with E-state index in [1.807, 2.05) is 42.2 Å². The molecule has 0 unspecified atom stereocenters. The van der Waals surface area contributed by atoms with Crippen molar-refractivity contribution >= 4 is 23.1 Å². The van der Waals surface area contributed by atoms with E-state index in [4.69, 9.17) is 0 Å². The topological polar surface area (TPSA) is 83.8 Å². The Bertz CT molecular complexity index is 1150. The van der Waals surface area contributed by atoms with Crippen LogP contribution >= 0.6 is 0 Å². The zero-order valence-corrected chi connectivity index (χ0v) is 17.7. The van der Waals surface area contributed by atoms with Crippen LogP contribution < -0.4 is 4.90 Å². The van der Waals surface area contributed by atoms with Gasteiger partial charge in [0.2, 0.25) is 0 Å². The minimum absolute atomic E-state index is 0.0389. The van der Waals surface area contributed by atoms with E-state index in [0.717, 1.165) is 5.56 Å². The van der Waals surface area contributed by atoms with E-state index in [2.05, 4.69) is 0 Å². The lowest BCUT2D eigenvalue weighted by Gasteiger charge is -2.36. The van der Waals surface area contributed by atoms with Crippen molar-refractivity contribution < 1.29 is 14.5 Å². The number of nitrogens with zero attached hydrogens (tertiary/aromatic N) is 3. The van der Waals surface area contributed by atoms with Crippen LogP contribution in [0.4, 0.5) is 11.4 Å². The van der Waals surface area contributed by atoms with Crippen LogP contribution in [0.25, 0.3) is 0 Å². The van der Waals surface area contributed by atoms with Crippen LogP contribution in [0.1, 0.15) is 31.8 Å². The van der Waals surface area contributed by atoms with Crippen molar-refractivity contribution in [3.05, 3.63) is 105 Å². The van der Waals surface area contributed by atoms with Crippen LogP contribution in [-0.2, 0) is 0 Å². The van der Waals surface area contributed by atoms with Gasteiger partial charge in [-0.3, -0.25) is 19.7 Å². The second-order valence-electron chi connectivity index (χ2n) is 7.80. The van der Waals surface area contributed by atoms with E-state index in [1.54, 1.807) is 41.3 Å². The van der Waals surface area contributed by atoms with Crippen LogP contribution in [0.2, 0.25) is 0 Å². The first-order chi connectivity index (χ1) is 15.4. The summed E-state index contributed by atoms with van der Waals surface area (Å²) < 4.78 is 0. The van der Waals surface area contributed by atoms with Crippen LogP contribution in [-0.4, -0.2) is 47.7 Å². The van der Waals surface area contributed by atoms with Gasteiger partial charge >= 0.3 is 0 Å². The van der Waals surface area contributed by atoms with Gasteiger partial charge in [-0.2, -0.15) is 0 Å². The van der Waals surface area contributed by atoms with E-state index in [9.17, 15) is 19.7 Å². The molecule has 0 bridgehead atoms. The number of rotatable bonds is 5. The van der Waals surface area contributed by atoms with Gasteiger partial charge in [-0.1, -0.05) is 48.0 Å². The molecule has 7 heteroatoms. The summed E-state index contributed by atoms with van der Waals surface area (Å²) in [6.07, 6.45) is 0. The Morgan fingerprint density at radius 1 is 0.812 bits per heavy atom. The Hall–Kier alpha value is -4.00. The predicted molar refractivity (Wildman–Crippen MR) is 122 cm³/mol. The lowest BCUT2D eigenvalue weighted by Crippen LogP contribution is -2.49. The van der Waals surface area contributed by atoms with Gasteiger partial charge in [0.25, 0.3) is 11.6 Å². The van der Waals surface area contributed by atoms with Gasteiger partial charge < -0.3 is 9.80 Å². The van der Waals surface area contributed by atoms with Crippen molar-refractivity contribution in [2.75, 3.05) is 31.1 Å². The zero-order valence-electron chi connectivity index (χ0n) is 17.7. The number of benzene rings is 3. The quantitative estimate of drug-likeness (QED) is 0.346. The van der Waals surface area contributed by atoms with Gasteiger partial charge in [-0.05, 0) is 31.2 Å². The minimum atomic E-state index is -0.457. The Morgan fingerprint density at radius 3 is 2.06 bits per heavy atom. The number of amides is 1. The van der Waals surface area contributed by atoms with Crippen LogP contribution in [0.5, 0.6) is 0 Å². The molecule has 0 saturated carbocycles. The highest BCUT2D eigenvalue weighted by Crippen LogP contribution is 2.31. The molecule has 0 atom stereocenters. The zero-order chi connectivity index (χ0) is 22.7. The van der Waals surface area contributed by atoms with Gasteiger partial charge in [0.1, 0.15) is 5.69 Å². The van der Waals surface area contributed by atoms with Gasteiger partial charge in [-0.25, -0.2) is 0 Å². The second-order valence-corrected chi connectivity index (χ2v) is 7.80. The second kappa shape index (κ2) is 9.01. The van der Waals surface area contributed by atoms with E-state index < -0.39 is 4.92 Å². The summed E-state index contributed by atoms with van der Waals surface area (Å²) in [4.78, 5) is 40.4. The Balaban J connectivity index is 1.50. The standard InChI is InChI=1S/C25H23N3O4/c1-18-7-9-20(10-8-18)25(30)27-15-13-26(14-16-27)22-12-11-21(17-23(22)28(31)32)24(29)19-5-3-2-4-6-19/h2-12,17H,13-16H2,1H3. The maximum Gasteiger partial charge on any atom is 0.293 e. The molecule has 32 heavy (non-hydrogen) atoms. The number of anilines is 1. The smallest absolute Gasteiger partial charge is 0.293 e. The number of ketones is 1. The van der Waals surface area contributed by atoms with Crippen molar-refractivity contribution in [2.24, 2.45) is 0 Å². The molecule has 0 aliphatic carbocycles. The Kier molecular flexibility index (Phi) is 5.98. The molecule has 1 aliphatic heterocycles. The van der Waals surface area contributed by atoms with Crippen molar-refractivity contribution in [3.63, 3.8) is 0 Å². The number of hydrogen-bond acceptors (Lipinski definition) is 5. The fourth-order valence-corrected chi connectivity index (χ4v) is 3.86. The third-order valence-corrected chi connectivity index (χ3v) is 5.68. The van der Waals surface area contributed by atoms with Crippen molar-refractivity contribution in [1.29, 1.82) is 0 Å². The first-order valence-electron chi connectivity index (χ1n) is 10.4. The number of hydrogen-bond donors (Lipinski definition) is 0. The number of piperazine rings is 1. The minimum Gasteiger partial charge on any atom is -0.362 e. The summed E-state index contributed by atoms with van der Waals surface area (Å²) in [5.41, 5.74) is 2.84. The summed E-state index contributed by atoms with van der Waals surface area (Å²) in [5, 5.41) is 11.8. The SMILES string of the molecule is Cc1ccc(C(=O)N2CCN(c3ccc(C(=O)c4ccccc4)cc3[N+](=O)[O-])CC2)cc1. The average Bonchev–Trinajstić information content (AvgIpc) is 2.84. The first kappa shape index (κ1) is 21.2. The largest absolute Gasteiger partial charge is 0.362 e. The van der Waals surface area contributed by atoms with E-state index >= 15 is 0 Å². The van der Waals surface area contributed by atoms with Crippen molar-refractivity contribution in [2.45, 2.75) is 6.92 Å². The van der Waals surface area contributed by atoms with Gasteiger partial charge in [0, 0.05) is 48.9 Å². The molecule has 1 amide bonds. The number of nitro benzene ring substituents is 1. The van der Waals surface area contributed by atoms with Crippen LogP contribution in [0.3, 0.4) is 0 Å². The molecule has 3 aromatic carbocycles. The van der Waals surface area contributed by atoms with E-state index in [-0.39, 0.29) is 22.9 Å². The summed E-state index contributed by atoms with van der Waals surface area (Å²) in [7, 11) is 0. The third-order valence-electron chi connectivity index (χ3n) is 5.68. The predicted octanol–water partition coefficient (Wildman–Crippen LogP) is 4.10. The number of nitro groups is 1. The van der Waals surface area contributed by atoms with Gasteiger partial charge in [0.15, 0.2) is 5.78 Å². The maximum absolute atomic E-state index is 12.7. The summed E-state index contributed by atoms with van der Waals surface area (Å²) in [5.74, 6) is -0.295. The number of carbonyl (C=O) groups is 2. The number of aryl methyl sites for hydroxylation is 1.